The van der Waals surface area contributed by atoms with E-state index in [1.165, 1.54) is 7.11 Å². The number of aryl methyl sites for hydroxylation is 1. The van der Waals surface area contributed by atoms with Crippen LogP contribution in [0.3, 0.4) is 0 Å². The Kier molecular flexibility index (Phi) is 5.34. The van der Waals surface area contributed by atoms with Crippen LogP contribution in [0.5, 0.6) is 0 Å². The number of nitrogens with one attached hydrogen (secondary N) is 1. The van der Waals surface area contributed by atoms with Crippen molar-refractivity contribution in [3.63, 3.8) is 0 Å². The summed E-state index contributed by atoms with van der Waals surface area (Å²) in [7, 11) is 1.38. The molecule has 0 saturated carbocycles. The van der Waals surface area contributed by atoms with Crippen LogP contribution < -0.4 is 11.1 Å². The van der Waals surface area contributed by atoms with Gasteiger partial charge in [0, 0.05) is 16.6 Å². The average molecular weight is 268 g/mol. The highest BCUT2D eigenvalue weighted by Crippen LogP contribution is 2.19. The Morgan fingerprint density at radius 1 is 1.56 bits per heavy atom. The Hall–Kier alpha value is -1.36. The first kappa shape index (κ1) is 14.7. The van der Waals surface area contributed by atoms with E-state index >= 15 is 0 Å². The molecular weight excluding hydrogens is 248 g/mol. The molecule has 0 amide bonds. The Morgan fingerprint density at radius 3 is 2.72 bits per heavy atom. The first-order chi connectivity index (χ1) is 8.43. The standard InChI is InChI=1S/C13H20N2O2S/c1-8-6-10(4-5-11(8)14)15-12(7-9(2)18)13(16)17-3/h4-6,9,12,15,18H,7,14H2,1-3H3. The number of benzene rings is 1. The average Bonchev–Trinajstić information content (AvgIpc) is 2.31. The van der Waals surface area contributed by atoms with E-state index < -0.39 is 6.04 Å². The molecular formula is C13H20N2O2S. The van der Waals surface area contributed by atoms with Crippen LogP contribution in [0, 0.1) is 6.92 Å². The van der Waals surface area contributed by atoms with Gasteiger partial charge < -0.3 is 15.8 Å². The molecule has 0 fully saturated rings. The molecule has 0 aliphatic rings. The van der Waals surface area contributed by atoms with Crippen LogP contribution in [0.25, 0.3) is 0 Å². The lowest BCUT2D eigenvalue weighted by Gasteiger charge is -2.19. The largest absolute Gasteiger partial charge is 0.467 e. The van der Waals surface area contributed by atoms with Gasteiger partial charge in [-0.1, -0.05) is 6.92 Å². The first-order valence-electron chi connectivity index (χ1n) is 5.82. The molecule has 0 saturated heterocycles. The number of methoxy groups -OCH3 is 1. The lowest BCUT2D eigenvalue weighted by atomic mass is 10.1. The van der Waals surface area contributed by atoms with Crippen molar-refractivity contribution in [2.75, 3.05) is 18.2 Å². The van der Waals surface area contributed by atoms with Crippen LogP contribution in [-0.4, -0.2) is 24.4 Å². The highest BCUT2D eigenvalue weighted by atomic mass is 32.1. The summed E-state index contributed by atoms with van der Waals surface area (Å²) in [6.45, 7) is 3.86. The van der Waals surface area contributed by atoms with Crippen molar-refractivity contribution in [2.24, 2.45) is 0 Å². The van der Waals surface area contributed by atoms with E-state index in [9.17, 15) is 4.79 Å². The number of carbonyl (C=O) groups excluding carboxylic acids is 1. The summed E-state index contributed by atoms with van der Waals surface area (Å²) in [5, 5.41) is 3.26. The van der Waals surface area contributed by atoms with Crippen LogP contribution in [0.1, 0.15) is 18.9 Å². The summed E-state index contributed by atoms with van der Waals surface area (Å²) in [5.74, 6) is -0.287. The molecule has 3 N–H and O–H groups in total. The predicted octanol–water partition coefficient (Wildman–Crippen LogP) is 2.24. The molecule has 0 heterocycles. The van der Waals surface area contributed by atoms with Crippen molar-refractivity contribution in [3.05, 3.63) is 23.8 Å². The smallest absolute Gasteiger partial charge is 0.328 e. The van der Waals surface area contributed by atoms with Gasteiger partial charge in [0.2, 0.25) is 0 Å². The van der Waals surface area contributed by atoms with E-state index in [2.05, 4.69) is 17.9 Å². The molecule has 0 aromatic heterocycles. The molecule has 0 aliphatic heterocycles. The summed E-state index contributed by atoms with van der Waals surface area (Å²) < 4.78 is 4.78. The molecule has 2 unspecified atom stereocenters. The predicted molar refractivity (Wildman–Crippen MR) is 78.1 cm³/mol. The van der Waals surface area contributed by atoms with Crippen molar-refractivity contribution >= 4 is 30.0 Å². The van der Waals surface area contributed by atoms with Crippen molar-refractivity contribution < 1.29 is 9.53 Å². The second-order valence-corrected chi connectivity index (χ2v) is 5.26. The zero-order chi connectivity index (χ0) is 13.7. The van der Waals surface area contributed by atoms with Crippen LogP contribution in [0.15, 0.2) is 18.2 Å². The number of nitrogens with two attached hydrogens (primary N) is 1. The van der Waals surface area contributed by atoms with Gasteiger partial charge in [-0.15, -0.1) is 0 Å². The molecule has 0 spiro atoms. The molecule has 0 radical (unpaired) electrons. The number of ether oxygens (including phenoxy) is 1. The number of esters is 1. The van der Waals surface area contributed by atoms with Gasteiger partial charge in [0.15, 0.2) is 0 Å². The molecule has 4 nitrogen and oxygen atoms in total. The third kappa shape index (κ3) is 4.14. The van der Waals surface area contributed by atoms with Gasteiger partial charge in [-0.25, -0.2) is 4.79 Å². The van der Waals surface area contributed by atoms with E-state index in [0.717, 1.165) is 16.9 Å². The number of carbonyl (C=O) groups is 1. The molecule has 0 bridgehead atoms. The van der Waals surface area contributed by atoms with Crippen molar-refractivity contribution in [1.82, 2.24) is 0 Å². The van der Waals surface area contributed by atoms with Crippen LogP contribution in [-0.2, 0) is 9.53 Å². The molecule has 1 aromatic rings. The molecule has 5 heteroatoms. The quantitative estimate of drug-likeness (QED) is 0.435. The van der Waals surface area contributed by atoms with Gasteiger partial charge in [-0.3, -0.25) is 0 Å². The fraction of sp³-hybridized carbons (Fsp3) is 0.462. The Balaban J connectivity index is 2.81. The normalized spacial score (nSPS) is 13.8. The van der Waals surface area contributed by atoms with Crippen molar-refractivity contribution in [2.45, 2.75) is 31.6 Å². The van der Waals surface area contributed by atoms with E-state index in [4.69, 9.17) is 10.5 Å². The Labute approximate surface area is 113 Å². The highest BCUT2D eigenvalue weighted by molar-refractivity contribution is 7.80. The lowest BCUT2D eigenvalue weighted by molar-refractivity contribution is -0.141. The lowest BCUT2D eigenvalue weighted by Crippen LogP contribution is -2.32. The number of rotatable bonds is 5. The second kappa shape index (κ2) is 6.54. The van der Waals surface area contributed by atoms with Crippen LogP contribution in [0.4, 0.5) is 11.4 Å². The Morgan fingerprint density at radius 2 is 2.22 bits per heavy atom. The molecule has 100 valence electrons. The second-order valence-electron chi connectivity index (χ2n) is 4.38. The summed E-state index contributed by atoms with van der Waals surface area (Å²) in [6.07, 6.45) is 0.596. The minimum Gasteiger partial charge on any atom is -0.467 e. The van der Waals surface area contributed by atoms with E-state index in [0.29, 0.717) is 6.42 Å². The summed E-state index contributed by atoms with van der Waals surface area (Å²) in [6, 6.07) is 5.18. The van der Waals surface area contributed by atoms with Gasteiger partial charge in [-0.2, -0.15) is 12.6 Å². The summed E-state index contributed by atoms with van der Waals surface area (Å²) in [5.41, 5.74) is 8.32. The highest BCUT2D eigenvalue weighted by Gasteiger charge is 2.20. The molecule has 1 rings (SSSR count). The van der Waals surface area contributed by atoms with Gasteiger partial charge >= 0.3 is 5.97 Å². The van der Waals surface area contributed by atoms with Gasteiger partial charge in [-0.05, 0) is 37.1 Å². The van der Waals surface area contributed by atoms with Crippen molar-refractivity contribution in [1.29, 1.82) is 0 Å². The zero-order valence-electron chi connectivity index (χ0n) is 10.9. The summed E-state index contributed by atoms with van der Waals surface area (Å²) in [4.78, 5) is 11.7. The van der Waals surface area contributed by atoms with E-state index in [1.54, 1.807) is 0 Å². The van der Waals surface area contributed by atoms with E-state index in [-0.39, 0.29) is 11.2 Å². The fourth-order valence-electron chi connectivity index (χ4n) is 1.66. The third-order valence-electron chi connectivity index (χ3n) is 2.67. The van der Waals surface area contributed by atoms with Crippen molar-refractivity contribution in [3.8, 4) is 0 Å². The van der Waals surface area contributed by atoms with Crippen LogP contribution >= 0.6 is 12.6 Å². The number of thiol groups is 1. The number of hydrogen-bond donors (Lipinski definition) is 3. The van der Waals surface area contributed by atoms with E-state index in [1.807, 2.05) is 32.0 Å². The topological polar surface area (TPSA) is 64.3 Å². The minimum atomic E-state index is -0.398. The first-order valence-corrected chi connectivity index (χ1v) is 6.34. The number of anilines is 2. The monoisotopic (exact) mass is 268 g/mol. The molecule has 1 aromatic carbocycles. The van der Waals surface area contributed by atoms with Gasteiger partial charge in [0.1, 0.15) is 6.04 Å². The van der Waals surface area contributed by atoms with Gasteiger partial charge in [0.25, 0.3) is 0 Å². The maximum atomic E-state index is 11.7. The Bertz CT molecular complexity index is 421. The third-order valence-corrected chi connectivity index (χ3v) is 2.88. The maximum Gasteiger partial charge on any atom is 0.328 e. The fourth-order valence-corrected chi connectivity index (χ4v) is 1.87. The molecule has 18 heavy (non-hydrogen) atoms. The minimum absolute atomic E-state index is 0.108. The zero-order valence-corrected chi connectivity index (χ0v) is 11.8. The summed E-state index contributed by atoms with van der Waals surface area (Å²) >= 11 is 4.31. The van der Waals surface area contributed by atoms with Crippen LogP contribution in [0.2, 0.25) is 0 Å². The number of nitrogen functional groups attached to an aromatic ring is 1. The maximum absolute atomic E-state index is 11.7. The van der Waals surface area contributed by atoms with Gasteiger partial charge in [0.05, 0.1) is 7.11 Å². The molecule has 0 aliphatic carbocycles. The number of hydrogen-bond acceptors (Lipinski definition) is 5. The SMILES string of the molecule is COC(=O)C(CC(C)S)Nc1ccc(N)c(C)c1. The molecule has 2 atom stereocenters.